The topological polar surface area (TPSA) is 101 Å². The van der Waals surface area contributed by atoms with Gasteiger partial charge in [-0.05, 0) is 42.0 Å². The van der Waals surface area contributed by atoms with Crippen molar-refractivity contribution in [3.63, 3.8) is 0 Å². The molecule has 0 saturated carbocycles. The number of thiazole rings is 1. The van der Waals surface area contributed by atoms with Crippen LogP contribution in [-0.2, 0) is 4.79 Å². The fraction of sp³-hybridized carbons (Fsp3) is 0.125. The molecule has 1 N–H and O–H groups in total. The number of benzene rings is 3. The molecule has 0 unspecified atom stereocenters. The molecule has 4 aromatic rings. The third-order valence-electron chi connectivity index (χ3n) is 4.78. The Labute approximate surface area is 204 Å². The van der Waals surface area contributed by atoms with Gasteiger partial charge in [0.15, 0.2) is 4.34 Å². The minimum Gasteiger partial charge on any atom is -0.372 e. The van der Waals surface area contributed by atoms with Crippen LogP contribution in [0, 0.1) is 10.1 Å². The number of aliphatic imine (C=N–C) groups is 1. The number of para-hydroxylation sites is 1. The first kappa shape index (κ1) is 23.4. The maximum Gasteiger partial charge on any atom is 0.293 e. The number of nitro groups is 1. The van der Waals surface area contributed by atoms with Gasteiger partial charge in [0, 0.05) is 32.1 Å². The lowest BCUT2D eigenvalue weighted by molar-refractivity contribution is -0.384. The number of carbonyl (C=O) groups is 1. The van der Waals surface area contributed by atoms with Crippen molar-refractivity contribution >= 4 is 68.2 Å². The fourth-order valence-electron chi connectivity index (χ4n) is 3.17. The Kier molecular flexibility index (Phi) is 7.19. The molecule has 0 aliphatic carbocycles. The highest BCUT2D eigenvalue weighted by Crippen LogP contribution is 2.32. The highest BCUT2D eigenvalue weighted by Gasteiger charge is 2.15. The van der Waals surface area contributed by atoms with Gasteiger partial charge < -0.3 is 10.2 Å². The van der Waals surface area contributed by atoms with Crippen LogP contribution in [0.3, 0.4) is 0 Å². The molecule has 1 amide bonds. The zero-order valence-corrected chi connectivity index (χ0v) is 20.1. The van der Waals surface area contributed by atoms with Gasteiger partial charge in [-0.1, -0.05) is 36.0 Å². The summed E-state index contributed by atoms with van der Waals surface area (Å²) >= 11 is 2.88. The lowest BCUT2D eigenvalue weighted by Gasteiger charge is -2.12. The molecule has 4 rings (SSSR count). The minimum absolute atomic E-state index is 0.0322. The number of aromatic nitrogens is 1. The SMILES string of the molecule is CN(C)c1ccc(C=Nc2ccc3nc(SCC(=O)Nc4ccccc4)sc3c2)cc1[N+](=O)[O-]. The van der Waals surface area contributed by atoms with Crippen LogP contribution in [0.15, 0.2) is 76.1 Å². The molecule has 172 valence electrons. The molecule has 0 atom stereocenters. The number of nitrogens with zero attached hydrogens (tertiary/aromatic N) is 4. The molecule has 10 heteroatoms. The molecule has 0 bridgehead atoms. The first-order chi connectivity index (χ1) is 16.4. The van der Waals surface area contributed by atoms with Gasteiger partial charge in [0.2, 0.25) is 5.91 Å². The molecule has 0 aliphatic rings. The largest absolute Gasteiger partial charge is 0.372 e. The number of fused-ring (bicyclic) bond motifs is 1. The van der Waals surface area contributed by atoms with Gasteiger partial charge in [-0.25, -0.2) is 4.98 Å². The van der Waals surface area contributed by atoms with Crippen molar-refractivity contribution in [3.05, 3.63) is 82.4 Å². The number of thioether (sulfide) groups is 1. The van der Waals surface area contributed by atoms with Crippen LogP contribution in [0.4, 0.5) is 22.7 Å². The van der Waals surface area contributed by atoms with E-state index in [4.69, 9.17) is 0 Å². The summed E-state index contributed by atoms with van der Waals surface area (Å²) in [6.07, 6.45) is 1.61. The minimum atomic E-state index is -0.393. The van der Waals surface area contributed by atoms with Gasteiger partial charge in [-0.15, -0.1) is 11.3 Å². The smallest absolute Gasteiger partial charge is 0.293 e. The molecule has 0 radical (unpaired) electrons. The molecule has 1 aromatic heterocycles. The summed E-state index contributed by atoms with van der Waals surface area (Å²) in [5.74, 6) is 0.177. The number of nitrogens with one attached hydrogen (secondary N) is 1. The van der Waals surface area contributed by atoms with Crippen LogP contribution in [0.5, 0.6) is 0 Å². The second-order valence-electron chi connectivity index (χ2n) is 7.49. The predicted octanol–water partition coefficient (Wildman–Crippen LogP) is 5.75. The Bertz CT molecular complexity index is 1370. The molecule has 34 heavy (non-hydrogen) atoms. The molecule has 3 aromatic carbocycles. The van der Waals surface area contributed by atoms with Gasteiger partial charge >= 0.3 is 0 Å². The summed E-state index contributed by atoms with van der Waals surface area (Å²) in [5.41, 5.74) is 3.53. The van der Waals surface area contributed by atoms with Gasteiger partial charge in [0.25, 0.3) is 5.69 Å². The molecular formula is C24H21N5O3S2. The Balaban J connectivity index is 1.44. The van der Waals surface area contributed by atoms with E-state index < -0.39 is 4.92 Å². The summed E-state index contributed by atoms with van der Waals surface area (Å²) < 4.78 is 1.75. The highest BCUT2D eigenvalue weighted by atomic mass is 32.2. The number of carbonyl (C=O) groups excluding carboxylic acids is 1. The lowest BCUT2D eigenvalue weighted by Crippen LogP contribution is -2.13. The molecule has 8 nitrogen and oxygen atoms in total. The quantitative estimate of drug-likeness (QED) is 0.146. The average Bonchev–Trinajstić information content (AvgIpc) is 3.24. The van der Waals surface area contributed by atoms with Crippen LogP contribution in [0.25, 0.3) is 10.2 Å². The summed E-state index contributed by atoms with van der Waals surface area (Å²) in [7, 11) is 3.53. The second-order valence-corrected chi connectivity index (χ2v) is 9.75. The van der Waals surface area contributed by atoms with Crippen molar-refractivity contribution in [2.24, 2.45) is 4.99 Å². The van der Waals surface area contributed by atoms with Crippen LogP contribution in [0.1, 0.15) is 5.56 Å². The zero-order chi connectivity index (χ0) is 24.1. The molecule has 0 fully saturated rings. The van der Waals surface area contributed by atoms with Crippen molar-refractivity contribution in [2.45, 2.75) is 4.34 Å². The Hall–Kier alpha value is -3.76. The Morgan fingerprint density at radius 3 is 2.71 bits per heavy atom. The number of hydrogen-bond acceptors (Lipinski definition) is 8. The molecule has 1 heterocycles. The normalized spacial score (nSPS) is 11.1. The second kappa shape index (κ2) is 10.4. The molecule has 0 spiro atoms. The van der Waals surface area contributed by atoms with E-state index in [1.807, 2.05) is 48.5 Å². The summed E-state index contributed by atoms with van der Waals surface area (Å²) in [6.45, 7) is 0. The first-order valence-corrected chi connectivity index (χ1v) is 12.1. The van der Waals surface area contributed by atoms with Gasteiger partial charge in [0.1, 0.15) is 5.69 Å². The zero-order valence-electron chi connectivity index (χ0n) is 18.5. The van der Waals surface area contributed by atoms with Gasteiger partial charge in [0.05, 0.1) is 26.6 Å². The summed E-state index contributed by atoms with van der Waals surface area (Å²) in [6, 6.07) is 20.0. The monoisotopic (exact) mass is 491 g/mol. The fourth-order valence-corrected chi connectivity index (χ4v) is 5.08. The maximum atomic E-state index is 12.2. The van der Waals surface area contributed by atoms with Crippen molar-refractivity contribution < 1.29 is 9.72 Å². The highest BCUT2D eigenvalue weighted by molar-refractivity contribution is 8.01. The number of nitro benzene ring substituents is 1. The van der Waals surface area contributed by atoms with E-state index in [1.54, 1.807) is 37.3 Å². The standard InChI is InChI=1S/C24H21N5O3S2/c1-28(2)20-11-8-16(12-21(20)29(31)32)14-25-18-9-10-19-22(13-18)34-24(27-19)33-15-23(30)26-17-6-4-3-5-7-17/h3-14H,15H2,1-2H3,(H,26,30). The number of amides is 1. The maximum absolute atomic E-state index is 12.2. The Morgan fingerprint density at radius 1 is 1.18 bits per heavy atom. The van der Waals surface area contributed by atoms with E-state index in [9.17, 15) is 14.9 Å². The van der Waals surface area contributed by atoms with Crippen molar-refractivity contribution in [1.82, 2.24) is 4.98 Å². The average molecular weight is 492 g/mol. The third kappa shape index (κ3) is 5.77. The van der Waals surface area contributed by atoms with Crippen LogP contribution < -0.4 is 10.2 Å². The molecule has 0 saturated heterocycles. The number of anilines is 2. The van der Waals surface area contributed by atoms with Crippen molar-refractivity contribution in [3.8, 4) is 0 Å². The molecule has 0 aliphatic heterocycles. The summed E-state index contributed by atoms with van der Waals surface area (Å²) in [5, 5.41) is 14.3. The van der Waals surface area contributed by atoms with Crippen LogP contribution in [-0.4, -0.2) is 41.9 Å². The van der Waals surface area contributed by atoms with E-state index in [-0.39, 0.29) is 17.3 Å². The number of rotatable bonds is 8. The van der Waals surface area contributed by atoms with Gasteiger partial charge in [-0.2, -0.15) is 0 Å². The lowest BCUT2D eigenvalue weighted by atomic mass is 10.1. The summed E-state index contributed by atoms with van der Waals surface area (Å²) in [4.78, 5) is 33.9. The van der Waals surface area contributed by atoms with E-state index in [1.165, 1.54) is 29.2 Å². The Morgan fingerprint density at radius 2 is 1.97 bits per heavy atom. The predicted molar refractivity (Wildman–Crippen MR) is 140 cm³/mol. The van der Waals surface area contributed by atoms with E-state index in [0.29, 0.717) is 16.9 Å². The number of hydrogen-bond donors (Lipinski definition) is 1. The molecular weight excluding hydrogens is 470 g/mol. The van der Waals surface area contributed by atoms with Crippen LogP contribution in [0.2, 0.25) is 0 Å². The van der Waals surface area contributed by atoms with Crippen molar-refractivity contribution in [2.75, 3.05) is 30.1 Å². The van der Waals surface area contributed by atoms with Gasteiger partial charge in [-0.3, -0.25) is 19.9 Å². The van der Waals surface area contributed by atoms with Crippen LogP contribution >= 0.6 is 23.1 Å². The third-order valence-corrected chi connectivity index (χ3v) is 6.94. The first-order valence-electron chi connectivity index (χ1n) is 10.3. The van der Waals surface area contributed by atoms with E-state index in [0.717, 1.165) is 20.2 Å². The van der Waals surface area contributed by atoms with E-state index in [2.05, 4.69) is 15.3 Å². The van der Waals surface area contributed by atoms with Crippen molar-refractivity contribution in [1.29, 1.82) is 0 Å². The van der Waals surface area contributed by atoms with E-state index >= 15 is 0 Å².